The second-order valence-corrected chi connectivity index (χ2v) is 13.6. The number of nitrogens with one attached hydrogen (secondary N) is 1. The number of hydrogen-bond donors (Lipinski definition) is 1. The van der Waals surface area contributed by atoms with Crippen molar-refractivity contribution in [3.8, 4) is 0 Å². The number of esters is 1. The second-order valence-electron chi connectivity index (χ2n) is 9.34. The Morgan fingerprint density at radius 2 is 1.55 bits per heavy atom. The third kappa shape index (κ3) is 6.61. The quantitative estimate of drug-likeness (QED) is 0.253. The van der Waals surface area contributed by atoms with Gasteiger partial charge in [0.1, 0.15) is 4.90 Å². The molecule has 0 spiro atoms. The van der Waals surface area contributed by atoms with Crippen molar-refractivity contribution in [2.45, 2.75) is 35.5 Å². The van der Waals surface area contributed by atoms with Crippen molar-refractivity contribution in [1.29, 1.82) is 0 Å². The molecule has 1 N–H and O–H groups in total. The average Bonchev–Trinajstić information content (AvgIpc) is 3.48. The highest BCUT2D eigenvalue weighted by Gasteiger charge is 2.35. The first kappa shape index (κ1) is 29.9. The molecule has 0 radical (unpaired) electrons. The van der Waals surface area contributed by atoms with Crippen molar-refractivity contribution in [1.82, 2.24) is 8.61 Å². The monoisotopic (exact) mass is 614 g/mol. The van der Waals surface area contributed by atoms with Gasteiger partial charge in [-0.2, -0.15) is 8.61 Å². The van der Waals surface area contributed by atoms with Gasteiger partial charge in [0.15, 0.2) is 6.61 Å². The number of benzene rings is 2. The van der Waals surface area contributed by atoms with Gasteiger partial charge in [-0.15, -0.1) is 0 Å². The number of anilines is 1. The fraction of sp³-hybridized carbons (Fsp3) is 0.417. The molecule has 0 atom stereocenters. The Bertz CT molecular complexity index is 1500. The van der Waals surface area contributed by atoms with E-state index in [1.807, 2.05) is 0 Å². The molecule has 216 valence electrons. The lowest BCUT2D eigenvalue weighted by atomic mass is 9.98. The Morgan fingerprint density at radius 3 is 2.15 bits per heavy atom. The number of piperidine rings is 1. The third-order valence-corrected chi connectivity index (χ3v) is 11.0. The molecule has 0 aromatic heterocycles. The van der Waals surface area contributed by atoms with E-state index in [1.54, 1.807) is 0 Å². The molecule has 4 rings (SSSR count). The van der Waals surface area contributed by atoms with Crippen LogP contribution in [-0.2, 0) is 34.4 Å². The number of non-ortho nitro benzene ring substituents is 1. The highest BCUT2D eigenvalue weighted by Crippen LogP contribution is 2.31. The lowest BCUT2D eigenvalue weighted by molar-refractivity contribution is -0.385. The Labute approximate surface area is 236 Å². The molecule has 2 aliphatic heterocycles. The number of carbonyl (C=O) groups excluding carboxylic acids is 2. The van der Waals surface area contributed by atoms with Crippen molar-refractivity contribution in [3.05, 3.63) is 57.6 Å². The molecule has 0 unspecified atom stereocenters. The molecule has 2 heterocycles. The predicted octanol–water partition coefficient (Wildman–Crippen LogP) is 2.62. The molecule has 2 fully saturated rings. The fourth-order valence-corrected chi connectivity index (χ4v) is 7.99. The van der Waals surface area contributed by atoms with Crippen LogP contribution in [0.3, 0.4) is 0 Å². The molecular weight excluding hydrogens is 588 g/mol. The van der Waals surface area contributed by atoms with E-state index in [0.717, 1.165) is 35.3 Å². The van der Waals surface area contributed by atoms with E-state index in [-0.39, 0.29) is 40.7 Å². The Kier molecular flexibility index (Phi) is 9.09. The molecule has 0 saturated carbocycles. The van der Waals surface area contributed by atoms with Gasteiger partial charge in [0.05, 0.1) is 20.8 Å². The summed E-state index contributed by atoms with van der Waals surface area (Å²) in [6.07, 6.45) is 1.89. The Morgan fingerprint density at radius 1 is 0.950 bits per heavy atom. The minimum Gasteiger partial charge on any atom is -0.455 e. The highest BCUT2D eigenvalue weighted by molar-refractivity contribution is 7.89. The fourth-order valence-electron chi connectivity index (χ4n) is 4.51. The van der Waals surface area contributed by atoms with Crippen molar-refractivity contribution in [2.24, 2.45) is 5.92 Å². The van der Waals surface area contributed by atoms with Crippen molar-refractivity contribution >= 4 is 54.9 Å². The summed E-state index contributed by atoms with van der Waals surface area (Å²) >= 11 is 6.00. The van der Waals surface area contributed by atoms with Crippen LogP contribution in [-0.4, -0.2) is 75.0 Å². The summed E-state index contributed by atoms with van der Waals surface area (Å²) in [4.78, 5) is 34.8. The van der Waals surface area contributed by atoms with Crippen molar-refractivity contribution in [3.63, 3.8) is 0 Å². The zero-order valence-electron chi connectivity index (χ0n) is 21.2. The number of nitro groups is 1. The van der Waals surface area contributed by atoms with Crippen LogP contribution < -0.4 is 5.32 Å². The molecule has 0 aliphatic carbocycles. The number of carbonyl (C=O) groups is 2. The molecule has 2 saturated heterocycles. The predicted molar refractivity (Wildman–Crippen MR) is 144 cm³/mol. The summed E-state index contributed by atoms with van der Waals surface area (Å²) in [5, 5.41) is 13.4. The topological polar surface area (TPSA) is 173 Å². The maximum Gasteiger partial charge on any atom is 0.309 e. The minimum atomic E-state index is -4.14. The van der Waals surface area contributed by atoms with Crippen LogP contribution in [0.4, 0.5) is 11.4 Å². The Hall–Kier alpha value is -3.11. The number of sulfonamides is 2. The summed E-state index contributed by atoms with van der Waals surface area (Å²) in [6, 6.07) is 8.85. The van der Waals surface area contributed by atoms with Gasteiger partial charge in [-0.3, -0.25) is 19.7 Å². The first-order valence-corrected chi connectivity index (χ1v) is 15.7. The van der Waals surface area contributed by atoms with Gasteiger partial charge in [-0.25, -0.2) is 16.8 Å². The van der Waals surface area contributed by atoms with E-state index in [0.29, 0.717) is 18.8 Å². The zero-order chi connectivity index (χ0) is 29.1. The average molecular weight is 615 g/mol. The van der Waals surface area contributed by atoms with E-state index in [1.165, 1.54) is 28.6 Å². The van der Waals surface area contributed by atoms with Crippen LogP contribution in [0.15, 0.2) is 52.3 Å². The van der Waals surface area contributed by atoms with E-state index in [9.17, 15) is 36.5 Å². The second kappa shape index (κ2) is 12.2. The summed E-state index contributed by atoms with van der Waals surface area (Å²) in [5.41, 5.74) is -0.0810. The van der Waals surface area contributed by atoms with Gasteiger partial charge in [0, 0.05) is 44.0 Å². The molecule has 13 nitrogen and oxygen atoms in total. The molecule has 2 aromatic rings. The van der Waals surface area contributed by atoms with Crippen LogP contribution in [0.25, 0.3) is 0 Å². The first-order chi connectivity index (χ1) is 18.9. The van der Waals surface area contributed by atoms with Crippen LogP contribution in [0.5, 0.6) is 0 Å². The van der Waals surface area contributed by atoms with Crippen molar-refractivity contribution in [2.75, 3.05) is 38.1 Å². The van der Waals surface area contributed by atoms with Gasteiger partial charge in [-0.1, -0.05) is 11.6 Å². The summed E-state index contributed by atoms with van der Waals surface area (Å²) in [6.45, 7) is 0.300. The summed E-state index contributed by atoms with van der Waals surface area (Å²) in [7, 11) is -7.71. The number of hydrogen-bond acceptors (Lipinski definition) is 9. The summed E-state index contributed by atoms with van der Waals surface area (Å²) in [5.74, 6) is -1.92. The van der Waals surface area contributed by atoms with Gasteiger partial charge >= 0.3 is 5.97 Å². The SMILES string of the molecule is O=C(COC(=O)C1CCN(S(=O)(=O)c2cc([N+](=O)[O-])ccc2Cl)CC1)Nc1ccc(S(=O)(=O)N2CCCC2)cc1. The third-order valence-electron chi connectivity index (χ3n) is 6.72. The molecule has 40 heavy (non-hydrogen) atoms. The zero-order valence-corrected chi connectivity index (χ0v) is 23.6. The van der Waals surface area contributed by atoms with Gasteiger partial charge in [-0.05, 0) is 56.0 Å². The van der Waals surface area contributed by atoms with Gasteiger partial charge in [0.25, 0.3) is 11.6 Å². The number of amides is 1. The van der Waals surface area contributed by atoms with Crippen LogP contribution in [0.2, 0.25) is 5.02 Å². The Balaban J connectivity index is 1.26. The molecule has 2 aromatic carbocycles. The maximum atomic E-state index is 13.0. The number of nitro benzene ring substituents is 1. The standard InChI is InChI=1S/C24H27ClN4O9S2/c25-21-8-5-19(29(32)33)15-22(21)40(36,37)28-13-9-17(10-14-28)24(31)38-16-23(30)26-18-3-6-20(7-4-18)39(34,35)27-11-1-2-12-27/h3-8,15,17H,1-2,9-14,16H2,(H,26,30). The number of ether oxygens (including phenoxy) is 1. The largest absolute Gasteiger partial charge is 0.455 e. The number of rotatable bonds is 9. The van der Waals surface area contributed by atoms with Crippen LogP contribution in [0, 0.1) is 16.0 Å². The lowest BCUT2D eigenvalue weighted by Crippen LogP contribution is -2.41. The molecule has 0 bridgehead atoms. The minimum absolute atomic E-state index is 0.0417. The smallest absolute Gasteiger partial charge is 0.309 e. The van der Waals surface area contributed by atoms with Gasteiger partial charge < -0.3 is 10.1 Å². The van der Waals surface area contributed by atoms with E-state index < -0.39 is 55.1 Å². The molecule has 16 heteroatoms. The van der Waals surface area contributed by atoms with E-state index in [4.69, 9.17) is 16.3 Å². The molecular formula is C24H27ClN4O9S2. The summed E-state index contributed by atoms with van der Waals surface area (Å²) < 4.78 is 58.9. The normalized spacial score (nSPS) is 17.4. The first-order valence-electron chi connectivity index (χ1n) is 12.4. The van der Waals surface area contributed by atoms with Crippen molar-refractivity contribution < 1.29 is 36.1 Å². The van der Waals surface area contributed by atoms with Crippen LogP contribution >= 0.6 is 11.6 Å². The van der Waals surface area contributed by atoms with Crippen LogP contribution in [0.1, 0.15) is 25.7 Å². The number of nitrogens with zero attached hydrogens (tertiary/aromatic N) is 3. The highest BCUT2D eigenvalue weighted by atomic mass is 35.5. The van der Waals surface area contributed by atoms with E-state index in [2.05, 4.69) is 5.32 Å². The van der Waals surface area contributed by atoms with E-state index >= 15 is 0 Å². The molecule has 2 aliphatic rings. The maximum absolute atomic E-state index is 13.0. The van der Waals surface area contributed by atoms with Gasteiger partial charge in [0.2, 0.25) is 20.0 Å². The molecule has 1 amide bonds. The lowest BCUT2D eigenvalue weighted by Gasteiger charge is -2.30. The number of halogens is 1.